The van der Waals surface area contributed by atoms with Gasteiger partial charge in [-0.1, -0.05) is 6.92 Å². The van der Waals surface area contributed by atoms with Gasteiger partial charge in [-0.25, -0.2) is 9.67 Å². The van der Waals surface area contributed by atoms with Gasteiger partial charge in [0, 0.05) is 6.42 Å². The monoisotopic (exact) mass is 137 g/mol. The van der Waals surface area contributed by atoms with Crippen molar-refractivity contribution in [1.29, 1.82) is 0 Å². The zero-order valence-corrected chi connectivity index (χ0v) is 6.12. The molecule has 2 rings (SSSR count). The van der Waals surface area contributed by atoms with E-state index in [0.29, 0.717) is 6.04 Å². The van der Waals surface area contributed by atoms with Crippen LogP contribution in [0.3, 0.4) is 0 Å². The number of aromatic nitrogens is 3. The van der Waals surface area contributed by atoms with Crippen LogP contribution < -0.4 is 0 Å². The van der Waals surface area contributed by atoms with Crippen molar-refractivity contribution >= 4 is 0 Å². The van der Waals surface area contributed by atoms with E-state index < -0.39 is 0 Å². The first kappa shape index (κ1) is 5.89. The Labute approximate surface area is 60.1 Å². The van der Waals surface area contributed by atoms with Crippen molar-refractivity contribution < 1.29 is 0 Å². The summed E-state index contributed by atoms with van der Waals surface area (Å²) < 4.78 is 2.06. The molecule has 0 bridgehead atoms. The normalized spacial score (nSPS) is 17.7. The van der Waals surface area contributed by atoms with E-state index in [4.69, 9.17) is 0 Å². The molecule has 3 nitrogen and oxygen atoms in total. The molecule has 0 amide bonds. The standard InChI is InChI=1S/C7H11N3/c1-2-7-8-5-9-10(7)6-3-4-6/h5-6H,2-4H2,1H3. The van der Waals surface area contributed by atoms with Crippen molar-refractivity contribution in [1.82, 2.24) is 14.8 Å². The first-order valence-corrected chi connectivity index (χ1v) is 3.80. The summed E-state index contributed by atoms with van der Waals surface area (Å²) in [5.41, 5.74) is 0. The third-order valence-corrected chi connectivity index (χ3v) is 1.86. The Bertz CT molecular complexity index is 225. The summed E-state index contributed by atoms with van der Waals surface area (Å²) >= 11 is 0. The molecule has 0 N–H and O–H groups in total. The Morgan fingerprint density at radius 2 is 2.50 bits per heavy atom. The van der Waals surface area contributed by atoms with Gasteiger partial charge in [0.2, 0.25) is 0 Å². The fraction of sp³-hybridized carbons (Fsp3) is 0.714. The molecule has 1 aromatic heterocycles. The van der Waals surface area contributed by atoms with Gasteiger partial charge in [-0.05, 0) is 12.8 Å². The van der Waals surface area contributed by atoms with Crippen LogP contribution in [-0.2, 0) is 6.42 Å². The lowest BCUT2D eigenvalue weighted by Crippen LogP contribution is -2.01. The Kier molecular flexibility index (Phi) is 1.22. The Hall–Kier alpha value is -0.860. The lowest BCUT2D eigenvalue weighted by molar-refractivity contribution is 0.604. The molecule has 0 aliphatic heterocycles. The van der Waals surface area contributed by atoms with Gasteiger partial charge < -0.3 is 0 Å². The van der Waals surface area contributed by atoms with E-state index in [0.717, 1.165) is 12.2 Å². The lowest BCUT2D eigenvalue weighted by Gasteiger charge is -1.98. The molecule has 0 saturated heterocycles. The summed E-state index contributed by atoms with van der Waals surface area (Å²) in [6, 6.07) is 0.678. The van der Waals surface area contributed by atoms with E-state index >= 15 is 0 Å². The molecule has 1 saturated carbocycles. The fourth-order valence-corrected chi connectivity index (χ4v) is 1.15. The zero-order chi connectivity index (χ0) is 6.97. The quantitative estimate of drug-likeness (QED) is 0.612. The molecule has 0 spiro atoms. The molecule has 0 radical (unpaired) electrons. The third kappa shape index (κ3) is 0.818. The number of aryl methyl sites for hydroxylation is 1. The van der Waals surface area contributed by atoms with Crippen molar-refractivity contribution in [3.05, 3.63) is 12.2 Å². The molecular weight excluding hydrogens is 126 g/mol. The molecule has 1 aliphatic rings. The van der Waals surface area contributed by atoms with Crippen LogP contribution in [-0.4, -0.2) is 14.8 Å². The molecule has 3 heteroatoms. The number of hydrogen-bond acceptors (Lipinski definition) is 2. The van der Waals surface area contributed by atoms with Crippen molar-refractivity contribution in [2.45, 2.75) is 32.2 Å². The first-order valence-electron chi connectivity index (χ1n) is 3.80. The Morgan fingerprint density at radius 1 is 1.70 bits per heavy atom. The summed E-state index contributed by atoms with van der Waals surface area (Å²) in [5, 5.41) is 4.15. The Morgan fingerprint density at radius 3 is 3.10 bits per heavy atom. The third-order valence-electron chi connectivity index (χ3n) is 1.86. The first-order chi connectivity index (χ1) is 4.92. The minimum absolute atomic E-state index is 0.678. The minimum Gasteiger partial charge on any atom is -0.247 e. The largest absolute Gasteiger partial charge is 0.247 e. The molecule has 54 valence electrons. The van der Waals surface area contributed by atoms with Crippen LogP contribution in [0.2, 0.25) is 0 Å². The maximum absolute atomic E-state index is 4.15. The number of rotatable bonds is 2. The van der Waals surface area contributed by atoms with Gasteiger partial charge in [0.25, 0.3) is 0 Å². The molecule has 1 fully saturated rings. The summed E-state index contributed by atoms with van der Waals surface area (Å²) in [6.45, 7) is 2.11. The second kappa shape index (κ2) is 2.08. The van der Waals surface area contributed by atoms with Crippen LogP contribution in [0.5, 0.6) is 0 Å². The summed E-state index contributed by atoms with van der Waals surface area (Å²) in [5.74, 6) is 1.13. The maximum atomic E-state index is 4.15. The molecule has 0 unspecified atom stereocenters. The van der Waals surface area contributed by atoms with Crippen molar-refractivity contribution in [3.63, 3.8) is 0 Å². The highest BCUT2D eigenvalue weighted by atomic mass is 15.4. The maximum Gasteiger partial charge on any atom is 0.138 e. The smallest absolute Gasteiger partial charge is 0.138 e. The second-order valence-corrected chi connectivity index (χ2v) is 2.71. The fourth-order valence-electron chi connectivity index (χ4n) is 1.15. The van der Waals surface area contributed by atoms with Gasteiger partial charge in [-0.15, -0.1) is 0 Å². The number of hydrogen-bond donors (Lipinski definition) is 0. The summed E-state index contributed by atoms with van der Waals surface area (Å²) in [4.78, 5) is 4.15. The van der Waals surface area contributed by atoms with Crippen LogP contribution in [0.1, 0.15) is 31.6 Å². The van der Waals surface area contributed by atoms with E-state index in [2.05, 4.69) is 21.7 Å². The van der Waals surface area contributed by atoms with Gasteiger partial charge in [0.05, 0.1) is 6.04 Å². The van der Waals surface area contributed by atoms with E-state index in [1.807, 2.05) is 0 Å². The van der Waals surface area contributed by atoms with Crippen LogP contribution in [0, 0.1) is 0 Å². The predicted molar refractivity (Wildman–Crippen MR) is 37.7 cm³/mol. The Balaban J connectivity index is 2.28. The van der Waals surface area contributed by atoms with Crippen LogP contribution >= 0.6 is 0 Å². The topological polar surface area (TPSA) is 30.7 Å². The van der Waals surface area contributed by atoms with Crippen molar-refractivity contribution in [2.24, 2.45) is 0 Å². The zero-order valence-electron chi connectivity index (χ0n) is 6.12. The highest BCUT2D eigenvalue weighted by molar-refractivity contribution is 4.91. The molecule has 1 aliphatic carbocycles. The minimum atomic E-state index is 0.678. The van der Waals surface area contributed by atoms with E-state index in [1.165, 1.54) is 12.8 Å². The molecular formula is C7H11N3. The molecule has 0 atom stereocenters. The van der Waals surface area contributed by atoms with Gasteiger partial charge in [0.15, 0.2) is 0 Å². The average Bonchev–Trinajstić information content (AvgIpc) is 2.69. The van der Waals surface area contributed by atoms with E-state index in [-0.39, 0.29) is 0 Å². The number of nitrogens with zero attached hydrogens (tertiary/aromatic N) is 3. The van der Waals surface area contributed by atoms with E-state index in [9.17, 15) is 0 Å². The van der Waals surface area contributed by atoms with Crippen molar-refractivity contribution in [2.75, 3.05) is 0 Å². The summed E-state index contributed by atoms with van der Waals surface area (Å²) in [6.07, 6.45) is 5.22. The highest BCUT2D eigenvalue weighted by Gasteiger charge is 2.25. The van der Waals surface area contributed by atoms with Crippen LogP contribution in [0.25, 0.3) is 0 Å². The second-order valence-electron chi connectivity index (χ2n) is 2.71. The van der Waals surface area contributed by atoms with Gasteiger partial charge >= 0.3 is 0 Å². The molecule has 10 heavy (non-hydrogen) atoms. The predicted octanol–water partition coefficient (Wildman–Crippen LogP) is 1.18. The SMILES string of the molecule is CCc1ncnn1C1CC1. The van der Waals surface area contributed by atoms with E-state index in [1.54, 1.807) is 6.33 Å². The van der Waals surface area contributed by atoms with Gasteiger partial charge in [-0.3, -0.25) is 0 Å². The average molecular weight is 137 g/mol. The summed E-state index contributed by atoms with van der Waals surface area (Å²) in [7, 11) is 0. The van der Waals surface area contributed by atoms with Gasteiger partial charge in [-0.2, -0.15) is 5.10 Å². The van der Waals surface area contributed by atoms with Crippen LogP contribution in [0.15, 0.2) is 6.33 Å². The highest BCUT2D eigenvalue weighted by Crippen LogP contribution is 2.34. The van der Waals surface area contributed by atoms with Gasteiger partial charge in [0.1, 0.15) is 12.2 Å². The van der Waals surface area contributed by atoms with Crippen LogP contribution in [0.4, 0.5) is 0 Å². The molecule has 1 heterocycles. The molecule has 1 aromatic rings. The van der Waals surface area contributed by atoms with Crippen molar-refractivity contribution in [3.8, 4) is 0 Å². The molecule has 0 aromatic carbocycles. The lowest BCUT2D eigenvalue weighted by atomic mass is 10.4.